The van der Waals surface area contributed by atoms with E-state index in [-0.39, 0.29) is 11.9 Å². The van der Waals surface area contributed by atoms with Crippen molar-refractivity contribution in [3.8, 4) is 11.1 Å². The summed E-state index contributed by atoms with van der Waals surface area (Å²) in [6, 6.07) is 28.1. The molecule has 160 valence electrons. The van der Waals surface area contributed by atoms with Crippen LogP contribution < -0.4 is 4.90 Å². The third-order valence-corrected chi connectivity index (χ3v) is 6.01. The van der Waals surface area contributed by atoms with Crippen LogP contribution in [0.3, 0.4) is 0 Å². The minimum absolute atomic E-state index is 0.237. The Morgan fingerprint density at radius 1 is 0.625 bits per heavy atom. The molecule has 3 aromatic carbocycles. The lowest BCUT2D eigenvalue weighted by molar-refractivity contribution is 0.211. The van der Waals surface area contributed by atoms with Crippen molar-refractivity contribution >= 4 is 5.95 Å². The van der Waals surface area contributed by atoms with Gasteiger partial charge in [-0.15, -0.1) is 0 Å². The van der Waals surface area contributed by atoms with E-state index in [9.17, 15) is 4.39 Å². The molecule has 1 aromatic heterocycles. The molecule has 0 unspecified atom stereocenters. The fraction of sp³-hybridized carbons (Fsp3) is 0.185. The van der Waals surface area contributed by atoms with Gasteiger partial charge in [0, 0.05) is 44.1 Å². The van der Waals surface area contributed by atoms with Crippen LogP contribution >= 0.6 is 0 Å². The van der Waals surface area contributed by atoms with Crippen LogP contribution in [0.4, 0.5) is 10.3 Å². The number of rotatable bonds is 5. The molecule has 0 bridgehead atoms. The monoisotopic (exact) mass is 424 g/mol. The van der Waals surface area contributed by atoms with Gasteiger partial charge in [-0.25, -0.2) is 14.4 Å². The maximum Gasteiger partial charge on any atom is 0.225 e. The number of benzene rings is 3. The van der Waals surface area contributed by atoms with Crippen molar-refractivity contribution in [2.24, 2.45) is 0 Å². The summed E-state index contributed by atoms with van der Waals surface area (Å²) in [6.45, 7) is 3.59. The Morgan fingerprint density at radius 2 is 1.16 bits per heavy atom. The molecule has 0 saturated carbocycles. The van der Waals surface area contributed by atoms with Gasteiger partial charge < -0.3 is 4.90 Å². The number of nitrogens with zero attached hydrogens (tertiary/aromatic N) is 4. The maximum absolute atomic E-state index is 13.2. The van der Waals surface area contributed by atoms with Crippen LogP contribution in [-0.2, 0) is 0 Å². The average molecular weight is 425 g/mol. The molecule has 0 aliphatic carbocycles. The van der Waals surface area contributed by atoms with Gasteiger partial charge in [-0.1, -0.05) is 72.8 Å². The van der Waals surface area contributed by atoms with Crippen LogP contribution in [0.2, 0.25) is 0 Å². The highest BCUT2D eigenvalue weighted by atomic mass is 19.1. The van der Waals surface area contributed by atoms with Crippen LogP contribution in [0.1, 0.15) is 17.2 Å². The molecule has 32 heavy (non-hydrogen) atoms. The van der Waals surface area contributed by atoms with Crippen molar-refractivity contribution in [3.63, 3.8) is 0 Å². The molecule has 2 heterocycles. The smallest absolute Gasteiger partial charge is 0.225 e. The Bertz CT molecular complexity index is 1080. The summed E-state index contributed by atoms with van der Waals surface area (Å²) in [5.41, 5.74) is 4.43. The summed E-state index contributed by atoms with van der Waals surface area (Å²) in [4.78, 5) is 13.9. The van der Waals surface area contributed by atoms with E-state index in [1.54, 1.807) is 12.1 Å². The van der Waals surface area contributed by atoms with Crippen molar-refractivity contribution in [1.29, 1.82) is 0 Å². The van der Waals surface area contributed by atoms with Gasteiger partial charge in [0.15, 0.2) is 0 Å². The quantitative estimate of drug-likeness (QED) is 0.441. The van der Waals surface area contributed by atoms with Crippen LogP contribution in [0.25, 0.3) is 11.1 Å². The van der Waals surface area contributed by atoms with Crippen LogP contribution in [0, 0.1) is 5.82 Å². The van der Waals surface area contributed by atoms with Gasteiger partial charge in [-0.05, 0) is 28.8 Å². The molecule has 5 rings (SSSR count). The number of hydrogen-bond donors (Lipinski definition) is 0. The molecular formula is C27H25FN4. The van der Waals surface area contributed by atoms with Crippen LogP contribution in [0.5, 0.6) is 0 Å². The average Bonchev–Trinajstić information content (AvgIpc) is 2.87. The summed E-state index contributed by atoms with van der Waals surface area (Å²) in [6.07, 6.45) is 3.64. The molecule has 1 saturated heterocycles. The molecule has 1 aliphatic rings. The lowest BCUT2D eigenvalue weighted by Crippen LogP contribution is -2.48. The zero-order chi connectivity index (χ0) is 21.8. The fourth-order valence-corrected chi connectivity index (χ4v) is 4.34. The molecular weight excluding hydrogens is 399 g/mol. The van der Waals surface area contributed by atoms with Crippen molar-refractivity contribution in [2.75, 3.05) is 31.1 Å². The van der Waals surface area contributed by atoms with E-state index in [0.29, 0.717) is 0 Å². The third-order valence-electron chi connectivity index (χ3n) is 6.01. The first kappa shape index (κ1) is 20.3. The Morgan fingerprint density at radius 3 is 1.69 bits per heavy atom. The first-order chi connectivity index (χ1) is 15.8. The second kappa shape index (κ2) is 9.28. The molecule has 1 fully saturated rings. The molecule has 0 amide bonds. The molecule has 0 radical (unpaired) electrons. The van der Waals surface area contributed by atoms with Crippen LogP contribution in [0.15, 0.2) is 97.3 Å². The van der Waals surface area contributed by atoms with E-state index < -0.39 is 0 Å². The lowest BCUT2D eigenvalue weighted by Gasteiger charge is -2.39. The van der Waals surface area contributed by atoms with Gasteiger partial charge in [-0.2, -0.15) is 0 Å². The van der Waals surface area contributed by atoms with E-state index in [0.717, 1.165) is 43.3 Å². The van der Waals surface area contributed by atoms with Gasteiger partial charge >= 0.3 is 0 Å². The zero-order valence-corrected chi connectivity index (χ0v) is 17.8. The Hall–Kier alpha value is -3.57. The minimum Gasteiger partial charge on any atom is -0.338 e. The van der Waals surface area contributed by atoms with Crippen molar-refractivity contribution < 1.29 is 4.39 Å². The molecule has 1 aliphatic heterocycles. The molecule has 4 nitrogen and oxygen atoms in total. The minimum atomic E-state index is -0.242. The second-order valence-corrected chi connectivity index (χ2v) is 8.03. The topological polar surface area (TPSA) is 32.3 Å². The van der Waals surface area contributed by atoms with Crippen molar-refractivity contribution in [1.82, 2.24) is 14.9 Å². The fourth-order valence-electron chi connectivity index (χ4n) is 4.34. The summed E-state index contributed by atoms with van der Waals surface area (Å²) in [7, 11) is 0. The molecule has 5 heteroatoms. The summed E-state index contributed by atoms with van der Waals surface area (Å²) in [5, 5.41) is 0. The molecule has 0 N–H and O–H groups in total. The normalized spacial score (nSPS) is 14.6. The number of hydrogen-bond acceptors (Lipinski definition) is 4. The predicted molar refractivity (Wildman–Crippen MR) is 126 cm³/mol. The Kier molecular flexibility index (Phi) is 5.90. The maximum atomic E-state index is 13.2. The van der Waals surface area contributed by atoms with Crippen LogP contribution in [-0.4, -0.2) is 41.0 Å². The number of anilines is 1. The Balaban J connectivity index is 1.30. The SMILES string of the molecule is Fc1ccc(-c2cnc(N3CCN(C(c4ccccc4)c4ccccc4)CC3)nc2)cc1. The molecule has 0 spiro atoms. The van der Waals surface area contributed by atoms with Crippen molar-refractivity contribution in [3.05, 3.63) is 114 Å². The van der Waals surface area contributed by atoms with Gasteiger partial charge in [0.1, 0.15) is 5.82 Å². The third kappa shape index (κ3) is 4.39. The lowest BCUT2D eigenvalue weighted by atomic mass is 9.96. The zero-order valence-electron chi connectivity index (χ0n) is 17.8. The molecule has 0 atom stereocenters. The number of halogens is 1. The summed E-state index contributed by atoms with van der Waals surface area (Å²) < 4.78 is 13.2. The first-order valence-corrected chi connectivity index (χ1v) is 10.9. The second-order valence-electron chi connectivity index (χ2n) is 8.03. The van der Waals surface area contributed by atoms with E-state index in [1.807, 2.05) is 12.4 Å². The number of piperazine rings is 1. The number of aromatic nitrogens is 2. The van der Waals surface area contributed by atoms with Gasteiger partial charge in [0.05, 0.1) is 6.04 Å². The highest BCUT2D eigenvalue weighted by molar-refractivity contribution is 5.61. The Labute approximate surface area is 188 Å². The van der Waals surface area contributed by atoms with Gasteiger partial charge in [0.25, 0.3) is 0 Å². The van der Waals surface area contributed by atoms with E-state index in [1.165, 1.54) is 23.3 Å². The predicted octanol–water partition coefficient (Wildman–Crippen LogP) is 5.19. The largest absolute Gasteiger partial charge is 0.338 e. The first-order valence-electron chi connectivity index (χ1n) is 10.9. The van der Waals surface area contributed by atoms with E-state index in [4.69, 9.17) is 0 Å². The van der Waals surface area contributed by atoms with E-state index >= 15 is 0 Å². The summed E-state index contributed by atoms with van der Waals surface area (Å²) in [5.74, 6) is 0.500. The van der Waals surface area contributed by atoms with E-state index in [2.05, 4.69) is 80.4 Å². The van der Waals surface area contributed by atoms with Gasteiger partial charge in [-0.3, -0.25) is 4.90 Å². The highest BCUT2D eigenvalue weighted by Gasteiger charge is 2.27. The van der Waals surface area contributed by atoms with Crippen molar-refractivity contribution in [2.45, 2.75) is 6.04 Å². The molecule has 4 aromatic rings. The summed E-state index contributed by atoms with van der Waals surface area (Å²) >= 11 is 0. The highest BCUT2D eigenvalue weighted by Crippen LogP contribution is 2.30. The van der Waals surface area contributed by atoms with Gasteiger partial charge in [0.2, 0.25) is 5.95 Å². The standard InChI is InChI=1S/C27H25FN4/c28-25-13-11-21(12-14-25)24-19-29-27(30-20-24)32-17-15-31(16-18-32)26(22-7-3-1-4-8-22)23-9-5-2-6-10-23/h1-14,19-20,26H,15-18H2.